The molecule has 5 heteroatoms. The second-order valence-electron chi connectivity index (χ2n) is 5.95. The number of carbonyl (C=O) groups is 1. The first-order valence-corrected chi connectivity index (χ1v) is 8.35. The van der Waals surface area contributed by atoms with Crippen molar-refractivity contribution in [3.63, 3.8) is 0 Å². The summed E-state index contributed by atoms with van der Waals surface area (Å²) in [4.78, 5) is 15.9. The number of amides is 1. The second-order valence-corrected chi connectivity index (χ2v) is 6.81. The van der Waals surface area contributed by atoms with Crippen LogP contribution in [0.2, 0.25) is 0 Å². The Balaban J connectivity index is 1.90. The van der Waals surface area contributed by atoms with Crippen LogP contribution in [-0.4, -0.2) is 17.5 Å². The minimum Gasteiger partial charge on any atom is -0.368 e. The molecule has 0 saturated carbocycles. The summed E-state index contributed by atoms with van der Waals surface area (Å²) >= 11 is 3.65. The average Bonchev–Trinajstić information content (AvgIpc) is 3.33. The van der Waals surface area contributed by atoms with Gasteiger partial charge in [-0.25, -0.2) is 0 Å². The molecule has 2 aliphatic heterocycles. The highest BCUT2D eigenvalue weighted by atomic mass is 79.9. The van der Waals surface area contributed by atoms with Gasteiger partial charge < -0.3 is 15.0 Å². The van der Waals surface area contributed by atoms with E-state index in [1.807, 2.05) is 30.3 Å². The number of aromatic nitrogens is 1. The van der Waals surface area contributed by atoms with Crippen LogP contribution >= 0.6 is 15.9 Å². The molecule has 4 nitrogen and oxygen atoms in total. The van der Waals surface area contributed by atoms with Crippen LogP contribution < -0.4 is 5.32 Å². The number of para-hydroxylation sites is 1. The molecular formula is C18H13BrN2O2. The Bertz CT molecular complexity index is 973. The van der Waals surface area contributed by atoms with Crippen LogP contribution in [0.4, 0.5) is 5.69 Å². The number of anilines is 1. The normalized spacial score (nSPS) is 19.0. The van der Waals surface area contributed by atoms with Gasteiger partial charge in [-0.05, 0) is 23.8 Å². The molecular weight excluding hydrogens is 356 g/mol. The molecule has 2 N–H and O–H groups in total. The van der Waals surface area contributed by atoms with E-state index in [4.69, 9.17) is 4.74 Å². The lowest BCUT2D eigenvalue weighted by Gasteiger charge is -2.13. The summed E-state index contributed by atoms with van der Waals surface area (Å²) in [5.41, 5.74) is 6.12. The molecule has 5 rings (SSSR count). The fourth-order valence-corrected chi connectivity index (χ4v) is 4.03. The number of fused-ring (bicyclic) bond motifs is 5. The van der Waals surface area contributed by atoms with E-state index < -0.39 is 0 Å². The lowest BCUT2D eigenvalue weighted by Crippen LogP contribution is -2.12. The van der Waals surface area contributed by atoms with Gasteiger partial charge in [0.25, 0.3) is 0 Å². The van der Waals surface area contributed by atoms with Crippen molar-refractivity contribution in [2.24, 2.45) is 0 Å². The predicted molar refractivity (Wildman–Crippen MR) is 92.5 cm³/mol. The molecule has 1 fully saturated rings. The first-order valence-electron chi connectivity index (χ1n) is 7.56. The van der Waals surface area contributed by atoms with Crippen LogP contribution in [0.5, 0.6) is 0 Å². The van der Waals surface area contributed by atoms with Crippen molar-refractivity contribution in [3.8, 4) is 11.3 Å². The van der Waals surface area contributed by atoms with Gasteiger partial charge in [0.1, 0.15) is 6.10 Å². The maximum Gasteiger partial charge on any atom is 0.228 e. The Morgan fingerprint density at radius 2 is 2.00 bits per heavy atom. The summed E-state index contributed by atoms with van der Waals surface area (Å²) < 4.78 is 6.56. The summed E-state index contributed by atoms with van der Waals surface area (Å²) in [5, 5.41) is 4.14. The maximum atomic E-state index is 12.4. The van der Waals surface area contributed by atoms with Crippen molar-refractivity contribution in [2.75, 3.05) is 11.9 Å². The van der Waals surface area contributed by atoms with Crippen LogP contribution in [0, 0.1) is 0 Å². The zero-order valence-electron chi connectivity index (χ0n) is 12.2. The zero-order chi connectivity index (χ0) is 15.6. The third-order valence-corrected chi connectivity index (χ3v) is 5.21. The molecule has 0 radical (unpaired) electrons. The van der Waals surface area contributed by atoms with E-state index in [9.17, 15) is 4.79 Å². The lowest BCUT2D eigenvalue weighted by molar-refractivity contribution is -0.115. The third kappa shape index (κ3) is 1.97. The van der Waals surface area contributed by atoms with Crippen LogP contribution in [0.3, 0.4) is 0 Å². The molecule has 1 aromatic heterocycles. The van der Waals surface area contributed by atoms with Crippen molar-refractivity contribution in [2.45, 2.75) is 12.5 Å². The van der Waals surface area contributed by atoms with Gasteiger partial charge in [-0.15, -0.1) is 0 Å². The monoisotopic (exact) mass is 368 g/mol. The molecule has 0 aliphatic carbocycles. The van der Waals surface area contributed by atoms with Crippen molar-refractivity contribution < 1.29 is 9.53 Å². The highest BCUT2D eigenvalue weighted by Gasteiger charge is 2.34. The number of halogens is 1. The van der Waals surface area contributed by atoms with Gasteiger partial charge in [-0.2, -0.15) is 0 Å². The number of carbonyl (C=O) groups excluding carboxylic acids is 1. The second kappa shape index (κ2) is 4.69. The van der Waals surface area contributed by atoms with Crippen LogP contribution in [-0.2, 0) is 16.0 Å². The standard InChI is InChI=1S/C18H13BrN2O2/c19-11-5-6-13-17(16(11)14-8-23-14)18-10(7-15(22)20-13)9-3-1-2-4-12(9)21-18/h1-6,14,21H,7-8H2,(H,20,22). The van der Waals surface area contributed by atoms with E-state index in [-0.39, 0.29) is 12.0 Å². The van der Waals surface area contributed by atoms with E-state index in [1.54, 1.807) is 0 Å². The number of ether oxygens (including phenoxy) is 1. The Morgan fingerprint density at radius 1 is 1.17 bits per heavy atom. The predicted octanol–water partition coefficient (Wildman–Crippen LogP) is 4.16. The summed E-state index contributed by atoms with van der Waals surface area (Å²) in [6.07, 6.45) is 0.463. The molecule has 1 saturated heterocycles. The summed E-state index contributed by atoms with van der Waals surface area (Å²) in [6, 6.07) is 12.0. The number of nitrogens with one attached hydrogen (secondary N) is 2. The molecule has 2 aliphatic rings. The molecule has 1 amide bonds. The molecule has 23 heavy (non-hydrogen) atoms. The minimum atomic E-state index is 0.0136. The first kappa shape index (κ1) is 13.3. The molecule has 2 aromatic carbocycles. The van der Waals surface area contributed by atoms with Gasteiger partial charge >= 0.3 is 0 Å². The van der Waals surface area contributed by atoms with Gasteiger partial charge in [0.15, 0.2) is 0 Å². The highest BCUT2D eigenvalue weighted by molar-refractivity contribution is 9.10. The molecule has 0 bridgehead atoms. The molecule has 1 atom stereocenters. The van der Waals surface area contributed by atoms with Gasteiger partial charge in [-0.1, -0.05) is 34.1 Å². The number of H-pyrrole nitrogens is 1. The Labute approximate surface area is 141 Å². The van der Waals surface area contributed by atoms with Crippen LogP contribution in [0.25, 0.3) is 22.2 Å². The Morgan fingerprint density at radius 3 is 2.83 bits per heavy atom. The van der Waals surface area contributed by atoms with E-state index in [1.165, 1.54) is 0 Å². The van der Waals surface area contributed by atoms with Crippen molar-refractivity contribution in [1.29, 1.82) is 0 Å². The molecule has 3 aromatic rings. The van der Waals surface area contributed by atoms with Crippen molar-refractivity contribution in [3.05, 3.63) is 52.0 Å². The first-order chi connectivity index (χ1) is 11.2. The summed E-state index contributed by atoms with van der Waals surface area (Å²) in [7, 11) is 0. The SMILES string of the molecule is O=C1Cc2c([nH]c3ccccc23)-c2c(ccc(Br)c2C2CO2)N1. The van der Waals surface area contributed by atoms with Gasteiger partial charge in [0, 0.05) is 26.5 Å². The molecule has 3 heterocycles. The maximum absolute atomic E-state index is 12.4. The highest BCUT2D eigenvalue weighted by Crippen LogP contribution is 2.47. The van der Waals surface area contributed by atoms with Gasteiger partial charge in [0.2, 0.25) is 5.91 Å². The smallest absolute Gasteiger partial charge is 0.228 e. The number of aromatic amines is 1. The number of rotatable bonds is 1. The average molecular weight is 369 g/mol. The van der Waals surface area contributed by atoms with Crippen molar-refractivity contribution >= 4 is 38.4 Å². The third-order valence-electron chi connectivity index (χ3n) is 4.52. The molecule has 114 valence electrons. The van der Waals surface area contributed by atoms with Crippen LogP contribution in [0.15, 0.2) is 40.9 Å². The van der Waals surface area contributed by atoms with E-state index >= 15 is 0 Å². The molecule has 0 spiro atoms. The van der Waals surface area contributed by atoms with Gasteiger partial charge in [0.05, 0.1) is 24.4 Å². The fraction of sp³-hybridized carbons (Fsp3) is 0.167. The summed E-state index contributed by atoms with van der Waals surface area (Å²) in [5.74, 6) is 0.0136. The summed E-state index contributed by atoms with van der Waals surface area (Å²) in [6.45, 7) is 0.721. The Hall–Kier alpha value is -2.11. The van der Waals surface area contributed by atoms with Crippen molar-refractivity contribution in [1.82, 2.24) is 4.98 Å². The Kier molecular flexibility index (Phi) is 2.72. The largest absolute Gasteiger partial charge is 0.368 e. The lowest BCUT2D eigenvalue weighted by atomic mass is 9.97. The quantitative estimate of drug-likeness (QED) is 0.633. The van der Waals surface area contributed by atoms with E-state index in [0.29, 0.717) is 6.42 Å². The van der Waals surface area contributed by atoms with E-state index in [0.717, 1.165) is 50.1 Å². The minimum absolute atomic E-state index is 0.0136. The number of benzene rings is 2. The fourth-order valence-electron chi connectivity index (χ4n) is 3.45. The number of hydrogen-bond donors (Lipinski definition) is 2. The van der Waals surface area contributed by atoms with Crippen LogP contribution in [0.1, 0.15) is 17.2 Å². The molecule has 1 unspecified atom stereocenters. The van der Waals surface area contributed by atoms with E-state index in [2.05, 4.69) is 32.3 Å². The number of hydrogen-bond acceptors (Lipinski definition) is 2. The van der Waals surface area contributed by atoms with Gasteiger partial charge in [-0.3, -0.25) is 4.79 Å². The number of epoxide rings is 1. The zero-order valence-corrected chi connectivity index (χ0v) is 13.7. The topological polar surface area (TPSA) is 57.4 Å².